The van der Waals surface area contributed by atoms with Crippen LogP contribution in [0.2, 0.25) is 0 Å². The molecular formula is C27H22I2N4O2S. The lowest BCUT2D eigenvalue weighted by molar-refractivity contribution is 0.0955. The highest BCUT2D eigenvalue weighted by atomic mass is 127. The highest BCUT2D eigenvalue weighted by molar-refractivity contribution is 14.1. The minimum absolute atomic E-state index is 0.284. The molecule has 0 aliphatic rings. The van der Waals surface area contributed by atoms with Gasteiger partial charge in [-0.3, -0.25) is 4.79 Å². The summed E-state index contributed by atoms with van der Waals surface area (Å²) in [6.45, 7) is 6.18. The van der Waals surface area contributed by atoms with Gasteiger partial charge in [-0.1, -0.05) is 42.5 Å². The molecule has 4 rings (SSSR count). The molecule has 0 aliphatic carbocycles. The minimum atomic E-state index is -0.284. The predicted octanol–water partition coefficient (Wildman–Crippen LogP) is 7.40. The van der Waals surface area contributed by atoms with Crippen LogP contribution in [0.1, 0.15) is 21.5 Å². The van der Waals surface area contributed by atoms with Gasteiger partial charge in [0.05, 0.1) is 19.0 Å². The summed E-state index contributed by atoms with van der Waals surface area (Å²) in [5.74, 6) is 0.531. The van der Waals surface area contributed by atoms with Gasteiger partial charge in [-0.05, 0) is 94.1 Å². The number of hydrazone groups is 1. The fraction of sp³-hybridized carbons (Fsp3) is 0.0741. The molecule has 0 fully saturated rings. The third kappa shape index (κ3) is 6.92. The van der Waals surface area contributed by atoms with Crippen molar-refractivity contribution in [3.63, 3.8) is 0 Å². The van der Waals surface area contributed by atoms with Gasteiger partial charge in [0.2, 0.25) is 0 Å². The van der Waals surface area contributed by atoms with Crippen molar-refractivity contribution in [1.29, 1.82) is 0 Å². The molecule has 4 aromatic rings. The number of aryl methyl sites for hydroxylation is 1. The number of nitrogens with one attached hydrogen (secondary N) is 2. The number of amides is 1. The van der Waals surface area contributed by atoms with Crippen molar-refractivity contribution in [2.75, 3.05) is 11.9 Å². The number of rotatable bonds is 9. The standard InChI is InChI=1S/C27H22I2N4O2S/c1-3-12-35-25-22(28)13-18(14-23(25)29)15-30-33-26(34)20-8-6-19(7-9-20)24-16-36-27(32-24)31-21-10-4-17(2)5-11-21/h3-11,13-16H,1,12H2,2H3,(H,31,32)(H,33,34)/b30-15-. The number of anilines is 2. The number of benzene rings is 3. The van der Waals surface area contributed by atoms with Gasteiger partial charge in [-0.15, -0.1) is 11.3 Å². The average Bonchev–Trinajstić information content (AvgIpc) is 3.33. The quantitative estimate of drug-likeness (QED) is 0.0819. The van der Waals surface area contributed by atoms with Gasteiger partial charge in [0.25, 0.3) is 5.91 Å². The number of halogens is 2. The molecule has 3 aromatic carbocycles. The molecule has 6 nitrogen and oxygen atoms in total. The van der Waals surface area contributed by atoms with Crippen LogP contribution in [0.3, 0.4) is 0 Å². The second kappa shape index (κ2) is 12.5. The Balaban J connectivity index is 1.36. The van der Waals surface area contributed by atoms with Crippen molar-refractivity contribution in [1.82, 2.24) is 10.4 Å². The molecule has 9 heteroatoms. The summed E-state index contributed by atoms with van der Waals surface area (Å²) >= 11 is 5.98. The van der Waals surface area contributed by atoms with E-state index in [0.717, 1.165) is 40.5 Å². The second-order valence-electron chi connectivity index (χ2n) is 7.72. The molecule has 0 radical (unpaired) electrons. The van der Waals surface area contributed by atoms with E-state index in [9.17, 15) is 4.79 Å². The normalized spacial score (nSPS) is 10.9. The molecule has 1 amide bonds. The fourth-order valence-electron chi connectivity index (χ4n) is 3.18. The lowest BCUT2D eigenvalue weighted by Crippen LogP contribution is -2.17. The first-order chi connectivity index (χ1) is 17.4. The van der Waals surface area contributed by atoms with Gasteiger partial charge in [0, 0.05) is 22.2 Å². The maximum Gasteiger partial charge on any atom is 0.271 e. The highest BCUT2D eigenvalue weighted by Crippen LogP contribution is 2.29. The van der Waals surface area contributed by atoms with Crippen LogP contribution in [0.4, 0.5) is 10.8 Å². The van der Waals surface area contributed by atoms with Crippen LogP contribution in [0.15, 0.2) is 83.8 Å². The van der Waals surface area contributed by atoms with Crippen LogP contribution in [-0.4, -0.2) is 23.7 Å². The lowest BCUT2D eigenvalue weighted by atomic mass is 10.1. The molecule has 0 aliphatic heterocycles. The molecule has 1 heterocycles. The van der Waals surface area contributed by atoms with Crippen molar-refractivity contribution in [2.45, 2.75) is 6.92 Å². The van der Waals surface area contributed by atoms with E-state index >= 15 is 0 Å². The Labute approximate surface area is 241 Å². The zero-order chi connectivity index (χ0) is 25.5. The van der Waals surface area contributed by atoms with Crippen molar-refractivity contribution in [3.8, 4) is 17.0 Å². The first kappa shape index (κ1) is 26.3. The topological polar surface area (TPSA) is 75.6 Å². The Morgan fingerprint density at radius 1 is 1.11 bits per heavy atom. The lowest BCUT2D eigenvalue weighted by Gasteiger charge is -2.09. The fourth-order valence-corrected chi connectivity index (χ4v) is 6.05. The van der Waals surface area contributed by atoms with E-state index in [2.05, 4.69) is 91.6 Å². The molecule has 2 N–H and O–H groups in total. The van der Waals surface area contributed by atoms with Gasteiger partial charge in [-0.2, -0.15) is 5.10 Å². The Morgan fingerprint density at radius 3 is 2.47 bits per heavy atom. The second-order valence-corrected chi connectivity index (χ2v) is 10.9. The molecule has 0 saturated carbocycles. The van der Waals surface area contributed by atoms with Crippen LogP contribution in [0.25, 0.3) is 11.3 Å². The van der Waals surface area contributed by atoms with E-state index in [4.69, 9.17) is 4.74 Å². The number of carbonyl (C=O) groups excluding carboxylic acids is 1. The maximum absolute atomic E-state index is 12.5. The number of thiazole rings is 1. The number of hydrogen-bond acceptors (Lipinski definition) is 6. The number of ether oxygens (including phenoxy) is 1. The smallest absolute Gasteiger partial charge is 0.271 e. The molecule has 0 unspecified atom stereocenters. The maximum atomic E-state index is 12.5. The Hall–Kier alpha value is -2.77. The highest BCUT2D eigenvalue weighted by Gasteiger charge is 2.10. The van der Waals surface area contributed by atoms with Gasteiger partial charge < -0.3 is 10.1 Å². The van der Waals surface area contributed by atoms with E-state index in [-0.39, 0.29) is 5.91 Å². The van der Waals surface area contributed by atoms with Gasteiger partial charge in [-0.25, -0.2) is 10.4 Å². The summed E-state index contributed by atoms with van der Waals surface area (Å²) in [5.41, 5.74) is 7.96. The Morgan fingerprint density at radius 2 is 1.81 bits per heavy atom. The SMILES string of the molecule is C=CCOc1c(I)cc(/C=N\NC(=O)c2ccc(-c3csc(Nc4ccc(C)cc4)n3)cc2)cc1I. The number of hydrogen-bond donors (Lipinski definition) is 2. The number of carbonyl (C=O) groups is 1. The predicted molar refractivity (Wildman–Crippen MR) is 165 cm³/mol. The van der Waals surface area contributed by atoms with E-state index in [0.29, 0.717) is 12.2 Å². The van der Waals surface area contributed by atoms with Crippen molar-refractivity contribution >= 4 is 79.5 Å². The van der Waals surface area contributed by atoms with E-state index < -0.39 is 0 Å². The summed E-state index contributed by atoms with van der Waals surface area (Å²) in [6, 6.07) is 19.4. The van der Waals surface area contributed by atoms with Crippen LogP contribution in [0.5, 0.6) is 5.75 Å². The van der Waals surface area contributed by atoms with E-state index in [1.807, 2.05) is 41.8 Å². The first-order valence-corrected chi connectivity index (χ1v) is 13.9. The Bertz CT molecular complexity index is 1380. The van der Waals surface area contributed by atoms with Crippen molar-refractivity contribution in [3.05, 3.63) is 103 Å². The number of aromatic nitrogens is 1. The monoisotopic (exact) mass is 720 g/mol. The molecule has 0 saturated heterocycles. The van der Waals surface area contributed by atoms with Crippen molar-refractivity contribution in [2.24, 2.45) is 5.10 Å². The van der Waals surface area contributed by atoms with Crippen molar-refractivity contribution < 1.29 is 9.53 Å². The molecule has 36 heavy (non-hydrogen) atoms. The van der Waals surface area contributed by atoms with Gasteiger partial charge in [0.15, 0.2) is 5.13 Å². The summed E-state index contributed by atoms with van der Waals surface area (Å²) in [4.78, 5) is 17.2. The Kier molecular flexibility index (Phi) is 9.10. The van der Waals surface area contributed by atoms with Gasteiger partial charge in [0.1, 0.15) is 12.4 Å². The van der Waals surface area contributed by atoms with E-state index in [1.165, 1.54) is 16.9 Å². The molecule has 0 bridgehead atoms. The summed E-state index contributed by atoms with van der Waals surface area (Å²) < 4.78 is 7.62. The zero-order valence-corrected chi connectivity index (χ0v) is 24.4. The van der Waals surface area contributed by atoms with Crippen LogP contribution < -0.4 is 15.5 Å². The molecule has 1 aromatic heterocycles. The molecule has 0 atom stereocenters. The first-order valence-electron chi connectivity index (χ1n) is 10.9. The molecular weight excluding hydrogens is 698 g/mol. The average molecular weight is 720 g/mol. The third-order valence-electron chi connectivity index (χ3n) is 5.00. The van der Waals surface area contributed by atoms with E-state index in [1.54, 1.807) is 24.4 Å². The third-order valence-corrected chi connectivity index (χ3v) is 7.36. The summed E-state index contributed by atoms with van der Waals surface area (Å²) in [5, 5.41) is 10.2. The van der Waals surface area contributed by atoms with Crippen LogP contribution >= 0.6 is 56.5 Å². The zero-order valence-electron chi connectivity index (χ0n) is 19.3. The summed E-state index contributed by atoms with van der Waals surface area (Å²) in [7, 11) is 0. The van der Waals surface area contributed by atoms with Crippen LogP contribution in [0, 0.1) is 14.1 Å². The largest absolute Gasteiger partial charge is 0.487 e. The molecule has 0 spiro atoms. The van der Waals surface area contributed by atoms with Crippen LogP contribution in [-0.2, 0) is 0 Å². The minimum Gasteiger partial charge on any atom is -0.487 e. The van der Waals surface area contributed by atoms with Gasteiger partial charge >= 0.3 is 0 Å². The summed E-state index contributed by atoms with van der Waals surface area (Å²) in [6.07, 6.45) is 3.33. The molecule has 182 valence electrons. The number of nitrogens with zero attached hydrogens (tertiary/aromatic N) is 2.